The Bertz CT molecular complexity index is 341. The third-order valence-electron chi connectivity index (χ3n) is 2.72. The van der Waals surface area contributed by atoms with Crippen molar-refractivity contribution < 1.29 is 4.79 Å². The van der Waals surface area contributed by atoms with Gasteiger partial charge in [-0.2, -0.15) is 5.10 Å². The second-order valence-corrected chi connectivity index (χ2v) is 3.98. The molecule has 0 bridgehead atoms. The summed E-state index contributed by atoms with van der Waals surface area (Å²) in [6.45, 7) is 6.16. The number of nitrogens with zero attached hydrogens (tertiary/aromatic N) is 1. The normalized spacial score (nSPS) is 14.7. The van der Waals surface area contributed by atoms with Gasteiger partial charge in [-0.3, -0.25) is 9.89 Å². The van der Waals surface area contributed by atoms with Crippen LogP contribution in [0.3, 0.4) is 0 Å². The van der Waals surface area contributed by atoms with Crippen molar-refractivity contribution in [3.63, 3.8) is 0 Å². The van der Waals surface area contributed by atoms with Crippen LogP contribution in [0.5, 0.6) is 0 Å². The molecular weight excluding hydrogens is 192 g/mol. The largest absolute Gasteiger partial charge is 0.346 e. The first-order chi connectivity index (χ1) is 7.02. The molecule has 15 heavy (non-hydrogen) atoms. The van der Waals surface area contributed by atoms with E-state index in [9.17, 15) is 4.79 Å². The Balaban J connectivity index is 2.76. The SMILES string of the molecule is CCC(C)(CN)NC(=O)c1cn[nH]c1C. The summed E-state index contributed by atoms with van der Waals surface area (Å²) in [5.41, 5.74) is 6.61. The Hall–Kier alpha value is -1.36. The van der Waals surface area contributed by atoms with Crippen LogP contribution in [0.4, 0.5) is 0 Å². The van der Waals surface area contributed by atoms with Gasteiger partial charge in [-0.1, -0.05) is 6.92 Å². The van der Waals surface area contributed by atoms with Crippen LogP contribution in [0.2, 0.25) is 0 Å². The molecule has 1 amide bonds. The number of nitrogens with two attached hydrogens (primary N) is 1. The third kappa shape index (κ3) is 2.56. The number of hydrogen-bond donors (Lipinski definition) is 3. The molecule has 0 aliphatic rings. The molecule has 0 saturated carbocycles. The molecule has 84 valence electrons. The van der Waals surface area contributed by atoms with Gasteiger partial charge in [0.15, 0.2) is 0 Å². The molecule has 1 aromatic rings. The monoisotopic (exact) mass is 210 g/mol. The van der Waals surface area contributed by atoms with Gasteiger partial charge < -0.3 is 11.1 Å². The van der Waals surface area contributed by atoms with E-state index in [0.717, 1.165) is 12.1 Å². The van der Waals surface area contributed by atoms with Gasteiger partial charge in [-0.15, -0.1) is 0 Å². The van der Waals surface area contributed by atoms with Crippen molar-refractivity contribution in [1.82, 2.24) is 15.5 Å². The lowest BCUT2D eigenvalue weighted by atomic mass is 9.98. The zero-order valence-electron chi connectivity index (χ0n) is 9.42. The summed E-state index contributed by atoms with van der Waals surface area (Å²) in [6, 6.07) is 0. The minimum absolute atomic E-state index is 0.129. The Kier molecular flexibility index (Phi) is 3.47. The molecular formula is C10H18N4O. The lowest BCUT2D eigenvalue weighted by Crippen LogP contribution is -2.50. The first-order valence-corrected chi connectivity index (χ1v) is 5.05. The maximum Gasteiger partial charge on any atom is 0.255 e. The summed E-state index contributed by atoms with van der Waals surface area (Å²) in [5, 5.41) is 9.45. The number of aryl methyl sites for hydroxylation is 1. The number of carbonyl (C=O) groups excluding carboxylic acids is 1. The van der Waals surface area contributed by atoms with Gasteiger partial charge in [0.1, 0.15) is 0 Å². The molecule has 0 aliphatic heterocycles. The van der Waals surface area contributed by atoms with Crippen LogP contribution in [0.1, 0.15) is 36.3 Å². The van der Waals surface area contributed by atoms with Crippen LogP contribution in [-0.2, 0) is 0 Å². The van der Waals surface area contributed by atoms with Gasteiger partial charge in [0.2, 0.25) is 0 Å². The topological polar surface area (TPSA) is 83.8 Å². The second-order valence-electron chi connectivity index (χ2n) is 3.98. The van der Waals surface area contributed by atoms with E-state index < -0.39 is 0 Å². The summed E-state index contributed by atoms with van der Waals surface area (Å²) in [5.74, 6) is -0.129. The Morgan fingerprint density at radius 1 is 1.73 bits per heavy atom. The van der Waals surface area contributed by atoms with E-state index in [-0.39, 0.29) is 11.4 Å². The van der Waals surface area contributed by atoms with Crippen molar-refractivity contribution in [2.75, 3.05) is 6.54 Å². The molecule has 1 rings (SSSR count). The third-order valence-corrected chi connectivity index (χ3v) is 2.72. The molecule has 1 atom stereocenters. The fourth-order valence-electron chi connectivity index (χ4n) is 1.20. The van der Waals surface area contributed by atoms with Crippen LogP contribution in [-0.4, -0.2) is 28.2 Å². The van der Waals surface area contributed by atoms with Crippen molar-refractivity contribution in [3.8, 4) is 0 Å². The van der Waals surface area contributed by atoms with E-state index in [4.69, 9.17) is 5.73 Å². The molecule has 0 fully saturated rings. The maximum absolute atomic E-state index is 11.8. The summed E-state index contributed by atoms with van der Waals surface area (Å²) in [4.78, 5) is 11.8. The molecule has 1 aromatic heterocycles. The van der Waals surface area contributed by atoms with Crippen molar-refractivity contribution in [2.45, 2.75) is 32.7 Å². The highest BCUT2D eigenvalue weighted by Crippen LogP contribution is 2.10. The number of H-pyrrole nitrogens is 1. The Morgan fingerprint density at radius 2 is 2.40 bits per heavy atom. The van der Waals surface area contributed by atoms with Gasteiger partial charge in [-0.25, -0.2) is 0 Å². The molecule has 0 aliphatic carbocycles. The smallest absolute Gasteiger partial charge is 0.255 e. The summed E-state index contributed by atoms with van der Waals surface area (Å²) in [7, 11) is 0. The molecule has 1 heterocycles. The van der Waals surface area contributed by atoms with Crippen molar-refractivity contribution in [2.24, 2.45) is 5.73 Å². The standard InChI is InChI=1S/C10H18N4O/c1-4-10(3,6-11)13-9(15)8-5-12-14-7(8)2/h5H,4,6,11H2,1-3H3,(H,12,14)(H,13,15). The minimum atomic E-state index is -0.346. The second kappa shape index (κ2) is 4.44. The number of aromatic nitrogens is 2. The number of nitrogens with one attached hydrogen (secondary N) is 2. The van der Waals surface area contributed by atoms with Crippen LogP contribution >= 0.6 is 0 Å². The first-order valence-electron chi connectivity index (χ1n) is 5.05. The average molecular weight is 210 g/mol. The highest BCUT2D eigenvalue weighted by Gasteiger charge is 2.24. The van der Waals surface area contributed by atoms with Gasteiger partial charge in [-0.05, 0) is 20.3 Å². The molecule has 4 N–H and O–H groups in total. The zero-order chi connectivity index (χ0) is 11.5. The van der Waals surface area contributed by atoms with E-state index in [0.29, 0.717) is 12.1 Å². The zero-order valence-corrected chi connectivity index (χ0v) is 9.42. The lowest BCUT2D eigenvalue weighted by molar-refractivity contribution is 0.0906. The predicted molar refractivity (Wildman–Crippen MR) is 58.5 cm³/mol. The number of amides is 1. The summed E-state index contributed by atoms with van der Waals surface area (Å²) >= 11 is 0. The molecule has 1 unspecified atom stereocenters. The van der Waals surface area contributed by atoms with Gasteiger partial charge >= 0.3 is 0 Å². The van der Waals surface area contributed by atoms with E-state index >= 15 is 0 Å². The number of rotatable bonds is 4. The van der Waals surface area contributed by atoms with Gasteiger partial charge in [0.05, 0.1) is 11.8 Å². The number of carbonyl (C=O) groups is 1. The van der Waals surface area contributed by atoms with E-state index in [1.54, 1.807) is 0 Å². The Labute approximate surface area is 89.4 Å². The van der Waals surface area contributed by atoms with E-state index in [1.807, 2.05) is 20.8 Å². The highest BCUT2D eigenvalue weighted by molar-refractivity contribution is 5.95. The van der Waals surface area contributed by atoms with Gasteiger partial charge in [0.25, 0.3) is 5.91 Å². The quantitative estimate of drug-likeness (QED) is 0.679. The Morgan fingerprint density at radius 3 is 2.80 bits per heavy atom. The molecule has 5 heteroatoms. The molecule has 0 saturated heterocycles. The van der Waals surface area contributed by atoms with E-state index in [2.05, 4.69) is 15.5 Å². The maximum atomic E-state index is 11.8. The fourth-order valence-corrected chi connectivity index (χ4v) is 1.20. The van der Waals surface area contributed by atoms with Crippen LogP contribution in [0.15, 0.2) is 6.20 Å². The van der Waals surface area contributed by atoms with Gasteiger partial charge in [0, 0.05) is 17.8 Å². The van der Waals surface area contributed by atoms with Crippen molar-refractivity contribution in [3.05, 3.63) is 17.5 Å². The molecule has 0 spiro atoms. The minimum Gasteiger partial charge on any atom is -0.346 e. The summed E-state index contributed by atoms with van der Waals surface area (Å²) in [6.07, 6.45) is 2.32. The van der Waals surface area contributed by atoms with Crippen LogP contribution in [0.25, 0.3) is 0 Å². The van der Waals surface area contributed by atoms with Crippen molar-refractivity contribution in [1.29, 1.82) is 0 Å². The average Bonchev–Trinajstić information content (AvgIpc) is 2.64. The lowest BCUT2D eigenvalue weighted by Gasteiger charge is -2.27. The first kappa shape index (κ1) is 11.7. The van der Waals surface area contributed by atoms with Crippen LogP contribution in [0, 0.1) is 6.92 Å². The summed E-state index contributed by atoms with van der Waals surface area (Å²) < 4.78 is 0. The highest BCUT2D eigenvalue weighted by atomic mass is 16.1. The number of hydrogen-bond acceptors (Lipinski definition) is 3. The van der Waals surface area contributed by atoms with Crippen LogP contribution < -0.4 is 11.1 Å². The molecule has 0 aromatic carbocycles. The number of aromatic amines is 1. The molecule has 5 nitrogen and oxygen atoms in total. The fraction of sp³-hybridized carbons (Fsp3) is 0.600. The van der Waals surface area contributed by atoms with E-state index in [1.165, 1.54) is 6.20 Å². The predicted octanol–water partition coefficient (Wildman–Crippen LogP) is 0.575. The van der Waals surface area contributed by atoms with Crippen molar-refractivity contribution >= 4 is 5.91 Å². The molecule has 0 radical (unpaired) electrons.